The molecule has 220 valence electrons. The Bertz CT molecular complexity index is 1440. The van der Waals surface area contributed by atoms with Crippen LogP contribution in [0.1, 0.15) is 69.1 Å². The van der Waals surface area contributed by atoms with Gasteiger partial charge in [0.1, 0.15) is 11.3 Å². The zero-order valence-corrected chi connectivity index (χ0v) is 25.1. The van der Waals surface area contributed by atoms with Gasteiger partial charge < -0.3 is 28.8 Å². The number of unbranched alkanes of at least 4 members (excludes halogenated alkanes) is 1. The van der Waals surface area contributed by atoms with Crippen LogP contribution in [0.15, 0.2) is 42.1 Å². The summed E-state index contributed by atoms with van der Waals surface area (Å²) in [6.07, 6.45) is 3.79. The molecule has 1 atom stereocenters. The third kappa shape index (κ3) is 5.95. The molecule has 0 bridgehead atoms. The van der Waals surface area contributed by atoms with Gasteiger partial charge in [-0.15, -0.1) is 0 Å². The molecule has 1 saturated heterocycles. The highest BCUT2D eigenvalue weighted by atomic mass is 16.5. The SMILES string of the molecule is CCCCOc1ccc(C2/C(=C(\O)c3nc4c(C)cccn4c3C)C(=O)C(=O)N2CCN(CC)CC)cc1OCC. The number of aromatic nitrogens is 2. The topological polar surface area (TPSA) is 96.6 Å². The standard InChI is InChI=1S/C32H42N4O5/c1-7-11-19-41-24-15-14-23(20-25(24)40-10-4)28-26(30(38)32(39)36(28)18-17-34(8-2)9-3)29(37)27-22(6)35-16-12-13-21(5)31(35)33-27/h12-16,20,28,37H,7-11,17-19H2,1-6H3/b29-26+. The van der Waals surface area contributed by atoms with Crippen molar-refractivity contribution in [2.24, 2.45) is 0 Å². The number of fused-ring (bicyclic) bond motifs is 1. The molecule has 0 saturated carbocycles. The average molecular weight is 563 g/mol. The summed E-state index contributed by atoms with van der Waals surface area (Å²) in [6, 6.07) is 8.53. The smallest absolute Gasteiger partial charge is 0.295 e. The fourth-order valence-electron chi connectivity index (χ4n) is 5.33. The molecule has 3 heterocycles. The number of imidazole rings is 1. The summed E-state index contributed by atoms with van der Waals surface area (Å²) in [4.78, 5) is 35.6. The number of Topliss-reactive ketones (excluding diaryl/α,β-unsaturated/α-hetero) is 1. The van der Waals surface area contributed by atoms with E-state index >= 15 is 0 Å². The predicted molar refractivity (Wildman–Crippen MR) is 159 cm³/mol. The number of likely N-dealkylation sites (N-methyl/N-ethyl adjacent to an activating group) is 1. The van der Waals surface area contributed by atoms with Crippen molar-refractivity contribution in [2.45, 2.75) is 60.4 Å². The van der Waals surface area contributed by atoms with Crippen LogP contribution in [0.4, 0.5) is 0 Å². The van der Waals surface area contributed by atoms with Gasteiger partial charge in [-0.3, -0.25) is 9.59 Å². The first-order valence-electron chi connectivity index (χ1n) is 14.6. The number of ketones is 1. The van der Waals surface area contributed by atoms with Gasteiger partial charge >= 0.3 is 0 Å². The second kappa shape index (κ2) is 13.2. The number of aliphatic hydroxyl groups excluding tert-OH is 1. The number of hydrogen-bond donors (Lipinski definition) is 1. The highest BCUT2D eigenvalue weighted by Crippen LogP contribution is 2.42. The minimum Gasteiger partial charge on any atom is -0.505 e. The molecule has 0 spiro atoms. The lowest BCUT2D eigenvalue weighted by Gasteiger charge is -2.28. The van der Waals surface area contributed by atoms with E-state index in [4.69, 9.17) is 14.5 Å². The number of aliphatic hydroxyl groups is 1. The van der Waals surface area contributed by atoms with Crippen molar-refractivity contribution in [3.05, 3.63) is 64.6 Å². The molecule has 2 aromatic heterocycles. The minimum atomic E-state index is -0.806. The number of ether oxygens (including phenoxy) is 2. The maximum Gasteiger partial charge on any atom is 0.295 e. The molecule has 1 aliphatic rings. The van der Waals surface area contributed by atoms with E-state index in [1.54, 1.807) is 4.90 Å². The average Bonchev–Trinajstić information content (AvgIpc) is 3.44. The van der Waals surface area contributed by atoms with Gasteiger partial charge in [-0.2, -0.15) is 0 Å². The summed E-state index contributed by atoms with van der Waals surface area (Å²) in [5.74, 6) is -0.490. The second-order valence-corrected chi connectivity index (χ2v) is 10.3. The quantitative estimate of drug-likeness (QED) is 0.131. The molecule has 9 heteroatoms. The van der Waals surface area contributed by atoms with Crippen LogP contribution in [0.2, 0.25) is 0 Å². The Morgan fingerprint density at radius 3 is 2.46 bits per heavy atom. The van der Waals surface area contributed by atoms with E-state index < -0.39 is 17.7 Å². The molecule has 1 unspecified atom stereocenters. The van der Waals surface area contributed by atoms with Crippen molar-refractivity contribution < 1.29 is 24.2 Å². The number of nitrogens with zero attached hydrogens (tertiary/aromatic N) is 4. The Labute approximate surface area is 242 Å². The molecule has 0 aliphatic carbocycles. The zero-order chi connectivity index (χ0) is 29.7. The van der Waals surface area contributed by atoms with Crippen molar-refractivity contribution in [1.82, 2.24) is 19.2 Å². The van der Waals surface area contributed by atoms with Crippen LogP contribution in [0.5, 0.6) is 11.5 Å². The molecule has 41 heavy (non-hydrogen) atoms. The molecule has 1 aromatic carbocycles. The van der Waals surface area contributed by atoms with E-state index in [0.29, 0.717) is 54.7 Å². The maximum atomic E-state index is 13.6. The molecule has 3 aromatic rings. The van der Waals surface area contributed by atoms with Crippen molar-refractivity contribution in [1.29, 1.82) is 0 Å². The van der Waals surface area contributed by atoms with Crippen molar-refractivity contribution in [3.63, 3.8) is 0 Å². The van der Waals surface area contributed by atoms with E-state index in [-0.39, 0.29) is 17.0 Å². The number of rotatable bonds is 13. The van der Waals surface area contributed by atoms with Gasteiger partial charge in [-0.05, 0) is 69.6 Å². The monoisotopic (exact) mass is 562 g/mol. The molecule has 9 nitrogen and oxygen atoms in total. The van der Waals surface area contributed by atoms with Crippen LogP contribution < -0.4 is 9.47 Å². The summed E-state index contributed by atoms with van der Waals surface area (Å²) in [6.45, 7) is 15.5. The summed E-state index contributed by atoms with van der Waals surface area (Å²) >= 11 is 0. The van der Waals surface area contributed by atoms with Crippen molar-refractivity contribution in [2.75, 3.05) is 39.4 Å². The van der Waals surface area contributed by atoms with Gasteiger partial charge in [-0.1, -0.05) is 39.3 Å². The first-order valence-corrected chi connectivity index (χ1v) is 14.6. The molecular weight excluding hydrogens is 520 g/mol. The van der Waals surface area contributed by atoms with E-state index in [0.717, 1.165) is 31.5 Å². The number of likely N-dealkylation sites (tertiary alicyclic amines) is 1. The molecule has 0 radical (unpaired) electrons. The zero-order valence-electron chi connectivity index (χ0n) is 25.1. The predicted octanol–water partition coefficient (Wildman–Crippen LogP) is 5.29. The third-order valence-corrected chi connectivity index (χ3v) is 7.74. The molecular formula is C32H42N4O5. The summed E-state index contributed by atoms with van der Waals surface area (Å²) in [7, 11) is 0. The first-order chi connectivity index (χ1) is 19.8. The van der Waals surface area contributed by atoms with Crippen LogP contribution in [0.25, 0.3) is 11.4 Å². The van der Waals surface area contributed by atoms with Gasteiger partial charge in [0.25, 0.3) is 11.7 Å². The lowest BCUT2D eigenvalue weighted by atomic mass is 9.96. The van der Waals surface area contributed by atoms with Crippen LogP contribution >= 0.6 is 0 Å². The highest BCUT2D eigenvalue weighted by Gasteiger charge is 2.46. The van der Waals surface area contributed by atoms with Crippen molar-refractivity contribution >= 4 is 23.1 Å². The number of carbonyl (C=O) groups excluding carboxylic acids is 2. The Kier molecular flexibility index (Phi) is 9.70. The summed E-state index contributed by atoms with van der Waals surface area (Å²) < 4.78 is 13.8. The number of amides is 1. The van der Waals surface area contributed by atoms with E-state index in [9.17, 15) is 14.7 Å². The van der Waals surface area contributed by atoms with Crippen molar-refractivity contribution in [3.8, 4) is 11.5 Å². The van der Waals surface area contributed by atoms with E-state index in [1.165, 1.54) is 0 Å². The van der Waals surface area contributed by atoms with Crippen LogP contribution in [0, 0.1) is 13.8 Å². The molecule has 1 aliphatic heterocycles. The second-order valence-electron chi connectivity index (χ2n) is 10.3. The Morgan fingerprint density at radius 1 is 1.05 bits per heavy atom. The molecule has 1 fully saturated rings. The summed E-state index contributed by atoms with van der Waals surface area (Å²) in [5.41, 5.74) is 3.28. The maximum absolute atomic E-state index is 13.6. The molecule has 4 rings (SSSR count). The molecule has 1 N–H and O–H groups in total. The Balaban J connectivity index is 1.87. The van der Waals surface area contributed by atoms with E-state index in [1.807, 2.05) is 61.7 Å². The summed E-state index contributed by atoms with van der Waals surface area (Å²) in [5, 5.41) is 11.7. The largest absolute Gasteiger partial charge is 0.505 e. The number of hydrogen-bond acceptors (Lipinski definition) is 7. The van der Waals surface area contributed by atoms with Gasteiger partial charge in [0.15, 0.2) is 17.3 Å². The van der Waals surface area contributed by atoms with E-state index in [2.05, 4.69) is 25.7 Å². The fourth-order valence-corrected chi connectivity index (χ4v) is 5.33. The number of pyridine rings is 1. The number of carbonyl (C=O) groups is 2. The first kappa shape index (κ1) is 30.1. The van der Waals surface area contributed by atoms with Crippen LogP contribution in [-0.2, 0) is 9.59 Å². The van der Waals surface area contributed by atoms with Gasteiger partial charge in [0.05, 0.1) is 30.5 Å². The van der Waals surface area contributed by atoms with Gasteiger partial charge in [-0.25, -0.2) is 4.98 Å². The lowest BCUT2D eigenvalue weighted by Crippen LogP contribution is -2.38. The van der Waals surface area contributed by atoms with Crippen LogP contribution in [0.3, 0.4) is 0 Å². The third-order valence-electron chi connectivity index (χ3n) is 7.74. The van der Waals surface area contributed by atoms with Crippen LogP contribution in [-0.4, -0.2) is 75.4 Å². The fraction of sp³-hybridized carbons (Fsp3) is 0.469. The minimum absolute atomic E-state index is 0.0285. The normalized spacial score (nSPS) is 16.8. The highest BCUT2D eigenvalue weighted by molar-refractivity contribution is 6.46. The Hall–Kier alpha value is -3.85. The van der Waals surface area contributed by atoms with Gasteiger partial charge in [0, 0.05) is 19.3 Å². The Morgan fingerprint density at radius 2 is 1.80 bits per heavy atom. The van der Waals surface area contributed by atoms with Gasteiger partial charge in [0.2, 0.25) is 0 Å². The number of benzene rings is 1. The lowest BCUT2D eigenvalue weighted by molar-refractivity contribution is -0.140. The molecule has 1 amide bonds. The number of aryl methyl sites for hydroxylation is 2.